The Labute approximate surface area is 106 Å². The highest BCUT2D eigenvalue weighted by atomic mass is 16.5. The zero-order valence-electron chi connectivity index (χ0n) is 10.7. The number of rotatable bonds is 3. The Morgan fingerprint density at radius 2 is 1.83 bits per heavy atom. The zero-order valence-corrected chi connectivity index (χ0v) is 10.7. The first-order chi connectivity index (χ1) is 8.65. The molecule has 0 bridgehead atoms. The molecule has 0 unspecified atom stereocenters. The van der Waals surface area contributed by atoms with E-state index in [1.165, 1.54) is 0 Å². The van der Waals surface area contributed by atoms with Crippen molar-refractivity contribution in [3.05, 3.63) is 36.0 Å². The Morgan fingerprint density at radius 1 is 1.06 bits per heavy atom. The summed E-state index contributed by atoms with van der Waals surface area (Å²) in [5.74, 6) is 2.07. The van der Waals surface area contributed by atoms with Crippen molar-refractivity contribution in [2.45, 2.75) is 6.92 Å². The van der Waals surface area contributed by atoms with Crippen LogP contribution in [0, 0.1) is 6.92 Å². The lowest BCUT2D eigenvalue weighted by Gasteiger charge is -2.12. The lowest BCUT2D eigenvalue weighted by molar-refractivity contribution is 0.404. The van der Waals surface area contributed by atoms with Gasteiger partial charge in [-0.2, -0.15) is 0 Å². The van der Waals surface area contributed by atoms with Crippen LogP contribution in [0.3, 0.4) is 0 Å². The van der Waals surface area contributed by atoms with E-state index >= 15 is 0 Å². The van der Waals surface area contributed by atoms with Gasteiger partial charge in [-0.05, 0) is 36.8 Å². The first-order valence-electron chi connectivity index (χ1n) is 5.60. The standard InChI is InChI=1S/C14H16N2O2/c1-9-6-14(15)16-8-12(9)11-7-10(17-2)4-5-13(11)18-3/h4-8H,1-3H3,(H2,15,16). The summed E-state index contributed by atoms with van der Waals surface area (Å²) in [6, 6.07) is 7.51. The SMILES string of the molecule is COc1ccc(OC)c(-c2cnc(N)cc2C)c1. The number of hydrogen-bond donors (Lipinski definition) is 1. The van der Waals surface area contributed by atoms with Gasteiger partial charge in [-0.3, -0.25) is 0 Å². The summed E-state index contributed by atoms with van der Waals surface area (Å²) >= 11 is 0. The van der Waals surface area contributed by atoms with Gasteiger partial charge in [0, 0.05) is 17.3 Å². The maximum absolute atomic E-state index is 5.67. The summed E-state index contributed by atoms with van der Waals surface area (Å²) in [7, 11) is 3.28. The number of nitrogens with zero attached hydrogens (tertiary/aromatic N) is 1. The summed E-state index contributed by atoms with van der Waals surface area (Å²) in [4.78, 5) is 4.13. The largest absolute Gasteiger partial charge is 0.497 e. The van der Waals surface area contributed by atoms with Gasteiger partial charge in [0.15, 0.2) is 0 Å². The Morgan fingerprint density at radius 3 is 2.44 bits per heavy atom. The van der Waals surface area contributed by atoms with Crippen LogP contribution in [0.2, 0.25) is 0 Å². The Hall–Kier alpha value is -2.23. The molecule has 0 saturated carbocycles. The molecule has 0 fully saturated rings. The fourth-order valence-corrected chi connectivity index (χ4v) is 1.88. The molecule has 94 valence electrons. The third kappa shape index (κ3) is 2.22. The normalized spacial score (nSPS) is 10.2. The van der Waals surface area contributed by atoms with Gasteiger partial charge in [0.2, 0.25) is 0 Å². The van der Waals surface area contributed by atoms with Crippen LogP contribution in [0.15, 0.2) is 30.5 Å². The van der Waals surface area contributed by atoms with E-state index in [0.717, 1.165) is 28.2 Å². The lowest BCUT2D eigenvalue weighted by Crippen LogP contribution is -1.95. The van der Waals surface area contributed by atoms with E-state index in [0.29, 0.717) is 5.82 Å². The van der Waals surface area contributed by atoms with Crippen LogP contribution in [0.1, 0.15) is 5.56 Å². The summed E-state index contributed by atoms with van der Waals surface area (Å²) in [5.41, 5.74) is 8.65. The maximum Gasteiger partial charge on any atom is 0.127 e. The number of aromatic nitrogens is 1. The number of hydrogen-bond acceptors (Lipinski definition) is 4. The van der Waals surface area contributed by atoms with E-state index in [-0.39, 0.29) is 0 Å². The van der Waals surface area contributed by atoms with E-state index in [9.17, 15) is 0 Å². The molecule has 0 aliphatic rings. The molecule has 0 aliphatic heterocycles. The molecule has 1 aromatic carbocycles. The first kappa shape index (κ1) is 12.2. The van der Waals surface area contributed by atoms with Crippen molar-refractivity contribution in [2.75, 3.05) is 20.0 Å². The van der Waals surface area contributed by atoms with Gasteiger partial charge >= 0.3 is 0 Å². The fraction of sp³-hybridized carbons (Fsp3) is 0.214. The quantitative estimate of drug-likeness (QED) is 0.901. The van der Waals surface area contributed by atoms with E-state index in [1.54, 1.807) is 20.4 Å². The number of pyridine rings is 1. The molecule has 0 radical (unpaired) electrons. The minimum atomic E-state index is 0.512. The average molecular weight is 244 g/mol. The highest BCUT2D eigenvalue weighted by Gasteiger charge is 2.10. The molecule has 0 spiro atoms. The second kappa shape index (κ2) is 4.96. The van der Waals surface area contributed by atoms with Crippen LogP contribution in [0.25, 0.3) is 11.1 Å². The van der Waals surface area contributed by atoms with Gasteiger partial charge in [0.05, 0.1) is 14.2 Å². The molecule has 0 amide bonds. The van der Waals surface area contributed by atoms with Crippen LogP contribution < -0.4 is 15.2 Å². The van der Waals surface area contributed by atoms with Crippen LogP contribution in [0.5, 0.6) is 11.5 Å². The van der Waals surface area contributed by atoms with Crippen LogP contribution >= 0.6 is 0 Å². The minimum Gasteiger partial charge on any atom is -0.497 e. The molecule has 4 heteroatoms. The highest BCUT2D eigenvalue weighted by Crippen LogP contribution is 2.35. The second-order valence-electron chi connectivity index (χ2n) is 3.99. The predicted octanol–water partition coefficient (Wildman–Crippen LogP) is 2.66. The number of methoxy groups -OCH3 is 2. The third-order valence-electron chi connectivity index (χ3n) is 2.83. The number of nitrogen functional groups attached to an aromatic ring is 1. The van der Waals surface area contributed by atoms with Crippen molar-refractivity contribution in [2.24, 2.45) is 0 Å². The van der Waals surface area contributed by atoms with Crippen LogP contribution in [0.4, 0.5) is 5.82 Å². The van der Waals surface area contributed by atoms with E-state index in [4.69, 9.17) is 15.2 Å². The Bertz CT molecular complexity index is 568. The van der Waals surface area contributed by atoms with Crippen molar-refractivity contribution in [1.29, 1.82) is 0 Å². The molecular weight excluding hydrogens is 228 g/mol. The smallest absolute Gasteiger partial charge is 0.127 e. The molecule has 2 rings (SSSR count). The van der Waals surface area contributed by atoms with E-state index < -0.39 is 0 Å². The topological polar surface area (TPSA) is 57.4 Å². The van der Waals surface area contributed by atoms with Crippen LogP contribution in [-0.4, -0.2) is 19.2 Å². The zero-order chi connectivity index (χ0) is 13.1. The van der Waals surface area contributed by atoms with Crippen LogP contribution in [-0.2, 0) is 0 Å². The molecule has 1 heterocycles. The van der Waals surface area contributed by atoms with Gasteiger partial charge in [0.1, 0.15) is 17.3 Å². The van der Waals surface area contributed by atoms with E-state index in [2.05, 4.69) is 4.98 Å². The van der Waals surface area contributed by atoms with Crippen molar-refractivity contribution in [3.63, 3.8) is 0 Å². The lowest BCUT2D eigenvalue weighted by atomic mass is 10.0. The first-order valence-corrected chi connectivity index (χ1v) is 5.60. The fourth-order valence-electron chi connectivity index (χ4n) is 1.88. The molecule has 0 aliphatic carbocycles. The molecule has 2 aromatic rings. The molecule has 0 saturated heterocycles. The van der Waals surface area contributed by atoms with Crippen molar-refractivity contribution in [1.82, 2.24) is 4.98 Å². The van der Waals surface area contributed by atoms with Crippen molar-refractivity contribution < 1.29 is 9.47 Å². The molecule has 18 heavy (non-hydrogen) atoms. The summed E-state index contributed by atoms with van der Waals surface area (Å²) in [6.07, 6.45) is 1.75. The number of benzene rings is 1. The third-order valence-corrected chi connectivity index (χ3v) is 2.83. The molecule has 0 atom stereocenters. The maximum atomic E-state index is 5.67. The monoisotopic (exact) mass is 244 g/mol. The predicted molar refractivity (Wildman–Crippen MR) is 71.9 cm³/mol. The minimum absolute atomic E-state index is 0.512. The molecule has 2 N–H and O–H groups in total. The van der Waals surface area contributed by atoms with Gasteiger partial charge in [0.25, 0.3) is 0 Å². The van der Waals surface area contributed by atoms with Gasteiger partial charge < -0.3 is 15.2 Å². The molecule has 1 aromatic heterocycles. The van der Waals surface area contributed by atoms with Crippen molar-refractivity contribution >= 4 is 5.82 Å². The van der Waals surface area contributed by atoms with Gasteiger partial charge in [-0.15, -0.1) is 0 Å². The molecular formula is C14H16N2O2. The second-order valence-corrected chi connectivity index (χ2v) is 3.99. The summed E-state index contributed by atoms with van der Waals surface area (Å²) in [6.45, 7) is 1.99. The van der Waals surface area contributed by atoms with Gasteiger partial charge in [-0.25, -0.2) is 4.98 Å². The van der Waals surface area contributed by atoms with Crippen molar-refractivity contribution in [3.8, 4) is 22.6 Å². The number of nitrogens with two attached hydrogens (primary N) is 1. The van der Waals surface area contributed by atoms with E-state index in [1.807, 2.05) is 31.2 Å². The summed E-state index contributed by atoms with van der Waals surface area (Å²) in [5, 5.41) is 0. The Balaban J connectivity index is 2.60. The Kier molecular flexibility index (Phi) is 3.37. The number of ether oxygens (including phenoxy) is 2. The average Bonchev–Trinajstić information content (AvgIpc) is 2.38. The number of anilines is 1. The summed E-state index contributed by atoms with van der Waals surface area (Å²) < 4.78 is 10.6. The molecule has 4 nitrogen and oxygen atoms in total. The number of aryl methyl sites for hydroxylation is 1. The van der Waals surface area contributed by atoms with Gasteiger partial charge in [-0.1, -0.05) is 0 Å². The highest BCUT2D eigenvalue weighted by molar-refractivity contribution is 5.74.